The van der Waals surface area contributed by atoms with Gasteiger partial charge in [0.15, 0.2) is 10.9 Å². The van der Waals surface area contributed by atoms with Crippen LogP contribution in [-0.2, 0) is 0 Å². The number of benzene rings is 1. The molecule has 7 nitrogen and oxygen atoms in total. The highest BCUT2D eigenvalue weighted by Gasteiger charge is 2.21. The van der Waals surface area contributed by atoms with Crippen LogP contribution in [0.15, 0.2) is 41.0 Å². The fourth-order valence-corrected chi connectivity index (χ4v) is 3.04. The van der Waals surface area contributed by atoms with Gasteiger partial charge in [0.25, 0.3) is 11.8 Å². The van der Waals surface area contributed by atoms with Crippen molar-refractivity contribution in [3.63, 3.8) is 0 Å². The normalized spacial score (nSPS) is 14.7. The number of hydrogen-bond donors (Lipinski definition) is 2. The summed E-state index contributed by atoms with van der Waals surface area (Å²) < 4.78 is 5.02. The molecule has 1 saturated heterocycles. The Balaban J connectivity index is 1.67. The predicted molar refractivity (Wildman–Crippen MR) is 107 cm³/mol. The molecule has 1 fully saturated rings. The van der Waals surface area contributed by atoms with E-state index in [0.717, 1.165) is 13.1 Å². The molecule has 27 heavy (non-hydrogen) atoms. The smallest absolute Gasteiger partial charge is 0.293 e. The molecule has 0 saturated carbocycles. The van der Waals surface area contributed by atoms with Crippen LogP contribution in [0, 0.1) is 0 Å². The Bertz CT molecular complexity index is 848. The van der Waals surface area contributed by atoms with Crippen molar-refractivity contribution >= 4 is 46.4 Å². The van der Waals surface area contributed by atoms with Crippen molar-refractivity contribution in [2.24, 2.45) is 0 Å². The first-order chi connectivity index (χ1) is 12.9. The first-order valence-electron chi connectivity index (χ1n) is 8.37. The van der Waals surface area contributed by atoms with Gasteiger partial charge in [-0.2, -0.15) is 0 Å². The van der Waals surface area contributed by atoms with Gasteiger partial charge in [0, 0.05) is 31.7 Å². The Morgan fingerprint density at radius 2 is 1.93 bits per heavy atom. The highest BCUT2D eigenvalue weighted by molar-refractivity contribution is 7.80. The van der Waals surface area contributed by atoms with Crippen molar-refractivity contribution < 1.29 is 14.0 Å². The number of likely N-dealkylation sites (N-methyl/N-ethyl adjacent to an activating group) is 1. The summed E-state index contributed by atoms with van der Waals surface area (Å²) in [5, 5.41) is 5.80. The Labute approximate surface area is 167 Å². The summed E-state index contributed by atoms with van der Waals surface area (Å²) in [5.74, 6) is -0.393. The number of nitrogens with one attached hydrogen (secondary N) is 2. The van der Waals surface area contributed by atoms with Crippen molar-refractivity contribution in [1.29, 1.82) is 0 Å². The van der Waals surface area contributed by atoms with Crippen LogP contribution in [0.3, 0.4) is 0 Å². The molecule has 0 bridgehead atoms. The zero-order valence-corrected chi connectivity index (χ0v) is 16.3. The zero-order chi connectivity index (χ0) is 19.4. The fraction of sp³-hybridized carbons (Fsp3) is 0.278. The molecule has 0 radical (unpaired) electrons. The van der Waals surface area contributed by atoms with E-state index in [1.54, 1.807) is 24.3 Å². The molecule has 0 unspecified atom stereocenters. The standard InChI is InChI=1S/C18H19ClN4O3S/c1-22-6-8-23(9-7-22)17(25)12-4-5-13(19)14(11-12)20-18(27)21-16(24)15-3-2-10-26-15/h2-5,10-11H,6-9H2,1H3,(H2,20,21,24,27). The summed E-state index contributed by atoms with van der Waals surface area (Å²) in [6.07, 6.45) is 1.40. The molecule has 2 N–H and O–H groups in total. The van der Waals surface area contributed by atoms with E-state index < -0.39 is 5.91 Å². The monoisotopic (exact) mass is 406 g/mol. The third-order valence-electron chi connectivity index (χ3n) is 4.22. The summed E-state index contributed by atoms with van der Waals surface area (Å²) in [7, 11) is 2.03. The molecule has 2 amide bonds. The van der Waals surface area contributed by atoms with Gasteiger partial charge in [0.2, 0.25) is 0 Å². The van der Waals surface area contributed by atoms with E-state index in [1.807, 2.05) is 11.9 Å². The number of carbonyl (C=O) groups excluding carboxylic acids is 2. The minimum atomic E-state index is -0.474. The highest BCUT2D eigenvalue weighted by Crippen LogP contribution is 2.24. The van der Waals surface area contributed by atoms with Gasteiger partial charge in [0.1, 0.15) is 0 Å². The summed E-state index contributed by atoms with van der Waals surface area (Å²) in [5.41, 5.74) is 0.952. The Morgan fingerprint density at radius 3 is 2.59 bits per heavy atom. The Morgan fingerprint density at radius 1 is 1.19 bits per heavy atom. The van der Waals surface area contributed by atoms with Crippen LogP contribution >= 0.6 is 23.8 Å². The summed E-state index contributed by atoms with van der Waals surface area (Å²) in [6.45, 7) is 3.04. The molecule has 1 aliphatic rings. The summed E-state index contributed by atoms with van der Waals surface area (Å²) in [4.78, 5) is 28.7. The SMILES string of the molecule is CN1CCN(C(=O)c2ccc(Cl)c(NC(=S)NC(=O)c3ccco3)c2)CC1. The van der Waals surface area contributed by atoms with Gasteiger partial charge in [-0.05, 0) is 49.6 Å². The van der Waals surface area contributed by atoms with Crippen molar-refractivity contribution in [2.45, 2.75) is 0 Å². The number of thiocarbonyl (C=S) groups is 1. The predicted octanol–water partition coefficient (Wildman–Crippen LogP) is 2.45. The maximum atomic E-state index is 12.7. The first kappa shape index (κ1) is 19.3. The first-order valence-corrected chi connectivity index (χ1v) is 9.16. The van der Waals surface area contributed by atoms with Gasteiger partial charge in [-0.1, -0.05) is 11.6 Å². The minimum absolute atomic E-state index is 0.0579. The van der Waals surface area contributed by atoms with E-state index in [1.165, 1.54) is 12.3 Å². The molecule has 0 aliphatic carbocycles. The van der Waals surface area contributed by atoms with Gasteiger partial charge >= 0.3 is 0 Å². The molecule has 0 spiro atoms. The molecule has 1 aromatic heterocycles. The topological polar surface area (TPSA) is 77.8 Å². The van der Waals surface area contributed by atoms with Crippen LogP contribution in [0.4, 0.5) is 5.69 Å². The van der Waals surface area contributed by atoms with E-state index >= 15 is 0 Å². The molecule has 2 aromatic rings. The number of nitrogens with zero attached hydrogens (tertiary/aromatic N) is 2. The van der Waals surface area contributed by atoms with Crippen LogP contribution in [0.25, 0.3) is 0 Å². The highest BCUT2D eigenvalue weighted by atomic mass is 35.5. The van der Waals surface area contributed by atoms with Crippen LogP contribution in [0.2, 0.25) is 5.02 Å². The van der Waals surface area contributed by atoms with Gasteiger partial charge in [-0.15, -0.1) is 0 Å². The van der Waals surface area contributed by atoms with E-state index in [0.29, 0.717) is 29.4 Å². The van der Waals surface area contributed by atoms with Gasteiger partial charge in [-0.25, -0.2) is 0 Å². The maximum absolute atomic E-state index is 12.7. The molecule has 1 aromatic carbocycles. The van der Waals surface area contributed by atoms with Crippen LogP contribution in [0.5, 0.6) is 0 Å². The molecule has 2 heterocycles. The van der Waals surface area contributed by atoms with Crippen LogP contribution < -0.4 is 10.6 Å². The number of furan rings is 1. The molecule has 1 aliphatic heterocycles. The second kappa shape index (κ2) is 8.51. The van der Waals surface area contributed by atoms with E-state index in [9.17, 15) is 9.59 Å². The number of rotatable bonds is 3. The van der Waals surface area contributed by atoms with Crippen molar-refractivity contribution in [3.05, 3.63) is 52.9 Å². The fourth-order valence-electron chi connectivity index (χ4n) is 2.67. The molecule has 142 valence electrons. The lowest BCUT2D eigenvalue weighted by molar-refractivity contribution is 0.0664. The summed E-state index contributed by atoms with van der Waals surface area (Å²) >= 11 is 11.3. The minimum Gasteiger partial charge on any atom is -0.459 e. The number of hydrogen-bond acceptors (Lipinski definition) is 5. The largest absolute Gasteiger partial charge is 0.459 e. The average Bonchev–Trinajstić information content (AvgIpc) is 3.18. The number of piperazine rings is 1. The van der Waals surface area contributed by atoms with Crippen LogP contribution in [-0.4, -0.2) is 60.0 Å². The summed E-state index contributed by atoms with van der Waals surface area (Å²) in [6, 6.07) is 8.08. The average molecular weight is 407 g/mol. The Kier molecular flexibility index (Phi) is 6.10. The van der Waals surface area contributed by atoms with Crippen LogP contribution in [0.1, 0.15) is 20.9 Å². The zero-order valence-electron chi connectivity index (χ0n) is 14.7. The van der Waals surface area contributed by atoms with E-state index in [4.69, 9.17) is 28.2 Å². The molecular weight excluding hydrogens is 388 g/mol. The quantitative estimate of drug-likeness (QED) is 0.762. The molecule has 0 atom stereocenters. The lowest BCUT2D eigenvalue weighted by Crippen LogP contribution is -2.47. The molecule has 9 heteroatoms. The number of carbonyl (C=O) groups is 2. The van der Waals surface area contributed by atoms with Crippen molar-refractivity contribution in [1.82, 2.24) is 15.1 Å². The molecule has 3 rings (SSSR count). The second-order valence-corrected chi connectivity index (χ2v) is 6.99. The van der Waals surface area contributed by atoms with Gasteiger partial charge in [-0.3, -0.25) is 14.9 Å². The third kappa shape index (κ3) is 4.85. The number of anilines is 1. The van der Waals surface area contributed by atoms with Crippen molar-refractivity contribution in [2.75, 3.05) is 38.5 Å². The number of halogens is 1. The Hall–Kier alpha value is -2.42. The lowest BCUT2D eigenvalue weighted by atomic mass is 10.1. The van der Waals surface area contributed by atoms with Gasteiger partial charge in [0.05, 0.1) is 17.0 Å². The second-order valence-electron chi connectivity index (χ2n) is 6.18. The lowest BCUT2D eigenvalue weighted by Gasteiger charge is -2.32. The van der Waals surface area contributed by atoms with E-state index in [-0.39, 0.29) is 16.8 Å². The van der Waals surface area contributed by atoms with Crippen molar-refractivity contribution in [3.8, 4) is 0 Å². The number of amides is 2. The van der Waals surface area contributed by atoms with E-state index in [2.05, 4.69) is 15.5 Å². The molecular formula is C18H19ClN4O3S. The third-order valence-corrected chi connectivity index (χ3v) is 4.76. The van der Waals surface area contributed by atoms with Gasteiger partial charge < -0.3 is 19.5 Å². The maximum Gasteiger partial charge on any atom is 0.293 e.